The minimum atomic E-state index is 0.307. The molecule has 16 heavy (non-hydrogen) atoms. The van der Waals surface area contributed by atoms with E-state index in [2.05, 4.69) is 16.8 Å². The molecule has 1 aromatic heterocycles. The molecule has 1 saturated heterocycles. The van der Waals surface area contributed by atoms with E-state index in [1.807, 2.05) is 6.07 Å². The van der Waals surface area contributed by atoms with Crippen LogP contribution in [0.1, 0.15) is 19.0 Å². The fourth-order valence-corrected chi connectivity index (χ4v) is 2.17. The van der Waals surface area contributed by atoms with Gasteiger partial charge in [0.05, 0.1) is 11.8 Å². The zero-order valence-corrected chi connectivity index (χ0v) is 10.3. The van der Waals surface area contributed by atoms with Gasteiger partial charge in [-0.1, -0.05) is 11.6 Å². The van der Waals surface area contributed by atoms with E-state index in [-0.39, 0.29) is 0 Å². The number of pyridine rings is 1. The molecule has 3 nitrogen and oxygen atoms in total. The van der Waals surface area contributed by atoms with Crippen molar-refractivity contribution < 1.29 is 4.74 Å². The Bertz CT molecular complexity index is 346. The summed E-state index contributed by atoms with van der Waals surface area (Å²) in [5.41, 5.74) is 1.03. The summed E-state index contributed by atoms with van der Waals surface area (Å²) in [5, 5.41) is 0.754. The van der Waals surface area contributed by atoms with E-state index in [1.54, 1.807) is 12.3 Å². The van der Waals surface area contributed by atoms with Crippen LogP contribution in [-0.2, 0) is 11.3 Å². The molecule has 1 aromatic rings. The lowest BCUT2D eigenvalue weighted by Gasteiger charge is -2.21. The van der Waals surface area contributed by atoms with Crippen LogP contribution < -0.4 is 0 Å². The van der Waals surface area contributed by atoms with Crippen LogP contribution >= 0.6 is 11.6 Å². The van der Waals surface area contributed by atoms with E-state index in [1.165, 1.54) is 0 Å². The molecular formula is C12H17ClN2O. The van der Waals surface area contributed by atoms with Crippen LogP contribution in [0.2, 0.25) is 5.02 Å². The van der Waals surface area contributed by atoms with Gasteiger partial charge < -0.3 is 4.74 Å². The van der Waals surface area contributed by atoms with Crippen LogP contribution in [0.4, 0.5) is 0 Å². The number of halogens is 1. The number of hydrogen-bond donors (Lipinski definition) is 0. The molecule has 1 fully saturated rings. The summed E-state index contributed by atoms with van der Waals surface area (Å²) < 4.78 is 5.61. The van der Waals surface area contributed by atoms with E-state index >= 15 is 0 Å². The Morgan fingerprint density at radius 1 is 1.62 bits per heavy atom. The Hall–Kier alpha value is -0.640. The van der Waals surface area contributed by atoms with Crippen molar-refractivity contribution in [3.8, 4) is 0 Å². The fourth-order valence-electron chi connectivity index (χ4n) is 1.99. The van der Waals surface area contributed by atoms with E-state index < -0.39 is 0 Å². The lowest BCUT2D eigenvalue weighted by Crippen LogP contribution is -2.30. The Kier molecular flexibility index (Phi) is 4.16. The van der Waals surface area contributed by atoms with Gasteiger partial charge in [-0.2, -0.15) is 0 Å². The predicted octanol–water partition coefficient (Wildman–Crippen LogP) is 2.35. The third-order valence-corrected chi connectivity index (χ3v) is 2.94. The van der Waals surface area contributed by atoms with E-state index in [0.717, 1.165) is 43.4 Å². The summed E-state index contributed by atoms with van der Waals surface area (Å²) in [6.45, 7) is 5.87. The molecule has 2 heterocycles. The molecule has 4 heteroatoms. The highest BCUT2D eigenvalue weighted by atomic mass is 35.5. The zero-order chi connectivity index (χ0) is 11.4. The van der Waals surface area contributed by atoms with Crippen LogP contribution in [0.15, 0.2) is 18.3 Å². The van der Waals surface area contributed by atoms with Gasteiger partial charge in [-0.3, -0.25) is 9.88 Å². The average Bonchev–Trinajstić information content (AvgIpc) is 2.43. The summed E-state index contributed by atoms with van der Waals surface area (Å²) in [5.74, 6) is 0. The van der Waals surface area contributed by atoms with Crippen LogP contribution in [0.3, 0.4) is 0 Å². The summed E-state index contributed by atoms with van der Waals surface area (Å²) in [7, 11) is 0. The molecule has 0 saturated carbocycles. The van der Waals surface area contributed by atoms with Crippen LogP contribution in [0.25, 0.3) is 0 Å². The van der Waals surface area contributed by atoms with E-state index in [4.69, 9.17) is 16.3 Å². The molecule has 1 aliphatic rings. The fraction of sp³-hybridized carbons (Fsp3) is 0.583. The highest BCUT2D eigenvalue weighted by molar-refractivity contribution is 6.30. The topological polar surface area (TPSA) is 25.4 Å². The van der Waals surface area contributed by atoms with Crippen molar-refractivity contribution in [3.05, 3.63) is 29.0 Å². The van der Waals surface area contributed by atoms with Crippen molar-refractivity contribution >= 4 is 11.6 Å². The Morgan fingerprint density at radius 2 is 2.50 bits per heavy atom. The maximum atomic E-state index is 5.94. The molecular weight excluding hydrogens is 224 g/mol. The Balaban J connectivity index is 1.97. The van der Waals surface area contributed by atoms with Crippen molar-refractivity contribution in [2.45, 2.75) is 26.0 Å². The third-order valence-electron chi connectivity index (χ3n) is 2.70. The lowest BCUT2D eigenvalue weighted by atomic mass is 10.3. The van der Waals surface area contributed by atoms with Gasteiger partial charge in [0.15, 0.2) is 0 Å². The quantitative estimate of drug-likeness (QED) is 0.794. The maximum absolute atomic E-state index is 5.94. The molecule has 1 atom stereocenters. The second-order valence-corrected chi connectivity index (χ2v) is 4.67. The first kappa shape index (κ1) is 11.8. The van der Waals surface area contributed by atoms with Gasteiger partial charge in [-0.05, 0) is 25.5 Å². The van der Waals surface area contributed by atoms with Gasteiger partial charge in [-0.25, -0.2) is 0 Å². The van der Waals surface area contributed by atoms with Gasteiger partial charge >= 0.3 is 0 Å². The number of hydrogen-bond acceptors (Lipinski definition) is 3. The number of nitrogens with zero attached hydrogens (tertiary/aromatic N) is 2. The molecule has 0 bridgehead atoms. The summed E-state index contributed by atoms with van der Waals surface area (Å²) in [6.07, 6.45) is 3.15. The molecule has 1 unspecified atom stereocenters. The molecule has 0 aromatic carbocycles. The Labute approximate surface area is 101 Å². The van der Waals surface area contributed by atoms with Crippen molar-refractivity contribution in [1.82, 2.24) is 9.88 Å². The SMILES string of the molecule is CC1CN(Cc2cc(Cl)ccn2)CCCO1. The van der Waals surface area contributed by atoms with Gasteiger partial charge in [0.2, 0.25) is 0 Å². The molecule has 88 valence electrons. The predicted molar refractivity (Wildman–Crippen MR) is 64.6 cm³/mol. The summed E-state index contributed by atoms with van der Waals surface area (Å²) in [4.78, 5) is 6.69. The second-order valence-electron chi connectivity index (χ2n) is 4.24. The monoisotopic (exact) mass is 240 g/mol. The maximum Gasteiger partial charge on any atom is 0.0674 e. The first-order valence-corrected chi connectivity index (χ1v) is 6.06. The minimum absolute atomic E-state index is 0.307. The van der Waals surface area contributed by atoms with Crippen molar-refractivity contribution in [2.75, 3.05) is 19.7 Å². The van der Waals surface area contributed by atoms with Crippen molar-refractivity contribution in [2.24, 2.45) is 0 Å². The lowest BCUT2D eigenvalue weighted by molar-refractivity contribution is 0.0666. The molecule has 0 spiro atoms. The molecule has 2 rings (SSSR count). The zero-order valence-electron chi connectivity index (χ0n) is 9.53. The summed E-state index contributed by atoms with van der Waals surface area (Å²) in [6, 6.07) is 3.73. The molecule has 1 aliphatic heterocycles. The standard InChI is InChI=1S/C12H17ClN2O/c1-10-8-15(5-2-6-16-10)9-12-7-11(13)3-4-14-12/h3-4,7,10H,2,5-6,8-9H2,1H3. The molecule has 0 N–H and O–H groups in total. The first-order valence-electron chi connectivity index (χ1n) is 5.68. The smallest absolute Gasteiger partial charge is 0.0674 e. The van der Waals surface area contributed by atoms with Gasteiger partial charge in [0.1, 0.15) is 0 Å². The molecule has 0 aliphatic carbocycles. The highest BCUT2D eigenvalue weighted by Crippen LogP contribution is 2.12. The third kappa shape index (κ3) is 3.44. The first-order chi connectivity index (χ1) is 7.74. The number of ether oxygens (including phenoxy) is 1. The highest BCUT2D eigenvalue weighted by Gasteiger charge is 2.15. The molecule has 0 radical (unpaired) electrons. The number of rotatable bonds is 2. The van der Waals surface area contributed by atoms with Crippen LogP contribution in [-0.4, -0.2) is 35.7 Å². The summed E-state index contributed by atoms with van der Waals surface area (Å²) >= 11 is 5.94. The second kappa shape index (κ2) is 5.62. The van der Waals surface area contributed by atoms with Crippen LogP contribution in [0, 0.1) is 0 Å². The van der Waals surface area contributed by atoms with Crippen molar-refractivity contribution in [1.29, 1.82) is 0 Å². The van der Waals surface area contributed by atoms with Gasteiger partial charge in [0, 0.05) is 37.5 Å². The normalized spacial score (nSPS) is 23.0. The minimum Gasteiger partial charge on any atom is -0.377 e. The van der Waals surface area contributed by atoms with Gasteiger partial charge in [-0.15, -0.1) is 0 Å². The average molecular weight is 241 g/mol. The van der Waals surface area contributed by atoms with Crippen molar-refractivity contribution in [3.63, 3.8) is 0 Å². The molecule has 0 amide bonds. The number of aromatic nitrogens is 1. The van der Waals surface area contributed by atoms with E-state index in [0.29, 0.717) is 6.10 Å². The van der Waals surface area contributed by atoms with Crippen LogP contribution in [0.5, 0.6) is 0 Å². The van der Waals surface area contributed by atoms with Gasteiger partial charge in [0.25, 0.3) is 0 Å². The Morgan fingerprint density at radius 3 is 3.31 bits per heavy atom. The largest absolute Gasteiger partial charge is 0.377 e. The van der Waals surface area contributed by atoms with E-state index in [9.17, 15) is 0 Å².